The van der Waals surface area contributed by atoms with Crippen LogP contribution in [0.5, 0.6) is 0 Å². The molecule has 1 aliphatic rings. The summed E-state index contributed by atoms with van der Waals surface area (Å²) in [6.45, 7) is 8.79. The number of nitrogens with zero attached hydrogens (tertiary/aromatic N) is 3. The monoisotopic (exact) mass is 310 g/mol. The quantitative estimate of drug-likeness (QED) is 0.850. The molecule has 0 aromatic carbocycles. The first kappa shape index (κ1) is 16.2. The number of hydrogen-bond acceptors (Lipinski definition) is 3. The van der Waals surface area contributed by atoms with Gasteiger partial charge in [-0.3, -0.25) is 9.89 Å². The van der Waals surface area contributed by atoms with Crippen LogP contribution in [0.4, 0.5) is 0 Å². The van der Waals surface area contributed by atoms with Gasteiger partial charge in [0.1, 0.15) is 5.82 Å². The van der Waals surface area contributed by atoms with Crippen LogP contribution in [0.15, 0.2) is 0 Å². The standard InChI is InChI=1S/C15H26N4OS/c1-4-11(5-2)14(20)18-9-7-12(8-10-18)13-16-17-15(21)19(13)6-3/h11-12H,4-10H2,1-3H3,(H,17,21). The van der Waals surface area contributed by atoms with Crippen molar-refractivity contribution >= 4 is 18.1 Å². The first-order chi connectivity index (χ1) is 10.1. The Balaban J connectivity index is 2.00. The summed E-state index contributed by atoms with van der Waals surface area (Å²) in [4.78, 5) is 14.4. The van der Waals surface area contributed by atoms with Gasteiger partial charge in [-0.15, -0.1) is 0 Å². The van der Waals surface area contributed by atoms with Gasteiger partial charge in [-0.2, -0.15) is 5.10 Å². The molecule has 1 N–H and O–H groups in total. The second-order valence-corrected chi connectivity index (χ2v) is 6.13. The van der Waals surface area contributed by atoms with Crippen molar-refractivity contribution in [3.8, 4) is 0 Å². The van der Waals surface area contributed by atoms with Gasteiger partial charge in [-0.05, 0) is 44.8 Å². The van der Waals surface area contributed by atoms with Gasteiger partial charge < -0.3 is 9.47 Å². The van der Waals surface area contributed by atoms with E-state index in [0.717, 1.165) is 51.1 Å². The highest BCUT2D eigenvalue weighted by Crippen LogP contribution is 2.28. The minimum absolute atomic E-state index is 0.187. The summed E-state index contributed by atoms with van der Waals surface area (Å²) in [6, 6.07) is 0. The lowest BCUT2D eigenvalue weighted by atomic mass is 9.93. The molecule has 118 valence electrons. The molecule has 0 radical (unpaired) electrons. The number of likely N-dealkylation sites (tertiary alicyclic amines) is 1. The maximum Gasteiger partial charge on any atom is 0.225 e. The summed E-state index contributed by atoms with van der Waals surface area (Å²) in [7, 11) is 0. The van der Waals surface area contributed by atoms with Crippen molar-refractivity contribution in [2.45, 2.75) is 58.9 Å². The van der Waals surface area contributed by atoms with Crippen LogP contribution in [0.1, 0.15) is 58.2 Å². The molecule has 0 bridgehead atoms. The Hall–Kier alpha value is -1.17. The lowest BCUT2D eigenvalue weighted by molar-refractivity contribution is -0.136. The topological polar surface area (TPSA) is 53.9 Å². The average Bonchev–Trinajstić information content (AvgIpc) is 2.89. The van der Waals surface area contributed by atoms with E-state index in [-0.39, 0.29) is 5.92 Å². The largest absolute Gasteiger partial charge is 0.342 e. The third-order valence-electron chi connectivity index (χ3n) is 4.61. The van der Waals surface area contributed by atoms with Crippen molar-refractivity contribution in [3.63, 3.8) is 0 Å². The van der Waals surface area contributed by atoms with Gasteiger partial charge in [0.05, 0.1) is 0 Å². The minimum atomic E-state index is 0.187. The Morgan fingerprint density at radius 3 is 2.48 bits per heavy atom. The number of rotatable bonds is 5. The SMILES string of the molecule is CCC(CC)C(=O)N1CCC(c2n[nH]c(=S)n2CC)CC1. The fraction of sp³-hybridized carbons (Fsp3) is 0.800. The van der Waals surface area contributed by atoms with E-state index in [1.807, 2.05) is 4.90 Å². The van der Waals surface area contributed by atoms with Crippen molar-refractivity contribution in [1.29, 1.82) is 0 Å². The number of H-pyrrole nitrogens is 1. The molecule has 0 saturated carbocycles. The summed E-state index contributed by atoms with van der Waals surface area (Å²) in [5, 5.41) is 7.28. The van der Waals surface area contributed by atoms with Crippen LogP contribution >= 0.6 is 12.2 Å². The molecule has 1 aromatic rings. The zero-order valence-electron chi connectivity index (χ0n) is 13.3. The third-order valence-corrected chi connectivity index (χ3v) is 4.92. The smallest absolute Gasteiger partial charge is 0.225 e. The molecule has 0 atom stereocenters. The van der Waals surface area contributed by atoms with Crippen LogP contribution in [0.3, 0.4) is 0 Å². The fourth-order valence-electron chi connectivity index (χ4n) is 3.20. The van der Waals surface area contributed by atoms with E-state index < -0.39 is 0 Å². The zero-order valence-corrected chi connectivity index (χ0v) is 14.1. The van der Waals surface area contributed by atoms with E-state index in [2.05, 4.69) is 35.5 Å². The Morgan fingerprint density at radius 2 is 1.95 bits per heavy atom. The van der Waals surface area contributed by atoms with Gasteiger partial charge >= 0.3 is 0 Å². The highest BCUT2D eigenvalue weighted by atomic mass is 32.1. The Bertz CT molecular complexity index is 524. The normalized spacial score (nSPS) is 16.7. The van der Waals surface area contributed by atoms with E-state index in [9.17, 15) is 4.79 Å². The summed E-state index contributed by atoms with van der Waals surface area (Å²) in [6.07, 6.45) is 3.82. The number of carbonyl (C=O) groups is 1. The number of nitrogens with one attached hydrogen (secondary N) is 1. The highest BCUT2D eigenvalue weighted by molar-refractivity contribution is 7.71. The maximum atomic E-state index is 12.4. The molecule has 5 nitrogen and oxygen atoms in total. The van der Waals surface area contributed by atoms with Crippen molar-refractivity contribution < 1.29 is 4.79 Å². The second kappa shape index (κ2) is 7.20. The second-order valence-electron chi connectivity index (χ2n) is 5.74. The van der Waals surface area contributed by atoms with E-state index in [0.29, 0.717) is 16.6 Å². The number of aromatic nitrogens is 3. The van der Waals surface area contributed by atoms with Crippen molar-refractivity contribution in [2.75, 3.05) is 13.1 Å². The molecule has 0 unspecified atom stereocenters. The predicted octanol–water partition coefficient (Wildman–Crippen LogP) is 3.10. The van der Waals surface area contributed by atoms with Crippen LogP contribution in [0.25, 0.3) is 0 Å². The van der Waals surface area contributed by atoms with Crippen LogP contribution in [-0.2, 0) is 11.3 Å². The molecular formula is C15H26N4OS. The number of carbonyl (C=O) groups excluding carboxylic acids is 1. The van der Waals surface area contributed by atoms with E-state index in [1.54, 1.807) is 0 Å². The van der Waals surface area contributed by atoms with Crippen LogP contribution in [0, 0.1) is 10.7 Å². The summed E-state index contributed by atoms with van der Waals surface area (Å²) in [5.41, 5.74) is 0. The van der Waals surface area contributed by atoms with Crippen LogP contribution in [0.2, 0.25) is 0 Å². The van der Waals surface area contributed by atoms with Gasteiger partial charge in [0.15, 0.2) is 4.77 Å². The summed E-state index contributed by atoms with van der Waals surface area (Å²) < 4.78 is 2.77. The predicted molar refractivity (Wildman–Crippen MR) is 85.7 cm³/mol. The molecule has 2 heterocycles. The molecule has 0 aliphatic carbocycles. The molecule has 1 fully saturated rings. The van der Waals surface area contributed by atoms with Gasteiger partial charge in [-0.25, -0.2) is 0 Å². The fourth-order valence-corrected chi connectivity index (χ4v) is 3.47. The van der Waals surface area contributed by atoms with E-state index in [1.165, 1.54) is 0 Å². The van der Waals surface area contributed by atoms with Crippen molar-refractivity contribution in [1.82, 2.24) is 19.7 Å². The Kier molecular flexibility index (Phi) is 5.56. The molecule has 21 heavy (non-hydrogen) atoms. The first-order valence-electron chi connectivity index (χ1n) is 8.06. The minimum Gasteiger partial charge on any atom is -0.342 e. The van der Waals surface area contributed by atoms with Crippen LogP contribution in [-0.4, -0.2) is 38.7 Å². The third kappa shape index (κ3) is 3.36. The molecule has 6 heteroatoms. The Morgan fingerprint density at radius 1 is 1.33 bits per heavy atom. The van der Waals surface area contributed by atoms with E-state index >= 15 is 0 Å². The first-order valence-corrected chi connectivity index (χ1v) is 8.46. The number of piperidine rings is 1. The Labute approximate surface area is 131 Å². The molecule has 1 amide bonds. The van der Waals surface area contributed by atoms with Gasteiger partial charge in [0.2, 0.25) is 5.91 Å². The summed E-state index contributed by atoms with van der Waals surface area (Å²) in [5.74, 6) is 1.97. The highest BCUT2D eigenvalue weighted by Gasteiger charge is 2.29. The lowest BCUT2D eigenvalue weighted by Gasteiger charge is -2.33. The van der Waals surface area contributed by atoms with E-state index in [4.69, 9.17) is 12.2 Å². The number of hydrogen-bond donors (Lipinski definition) is 1. The number of amides is 1. The molecule has 1 aromatic heterocycles. The molecular weight excluding hydrogens is 284 g/mol. The molecule has 2 rings (SSSR count). The molecule has 1 saturated heterocycles. The van der Waals surface area contributed by atoms with Gasteiger partial charge in [-0.1, -0.05) is 13.8 Å². The maximum absolute atomic E-state index is 12.4. The van der Waals surface area contributed by atoms with Gasteiger partial charge in [0.25, 0.3) is 0 Å². The van der Waals surface area contributed by atoms with Gasteiger partial charge in [0, 0.05) is 31.5 Å². The average molecular weight is 310 g/mol. The zero-order chi connectivity index (χ0) is 15.4. The summed E-state index contributed by atoms with van der Waals surface area (Å²) >= 11 is 5.25. The van der Waals surface area contributed by atoms with Crippen LogP contribution < -0.4 is 0 Å². The van der Waals surface area contributed by atoms with Crippen molar-refractivity contribution in [2.24, 2.45) is 5.92 Å². The lowest BCUT2D eigenvalue weighted by Crippen LogP contribution is -2.41. The van der Waals surface area contributed by atoms with Crippen molar-refractivity contribution in [3.05, 3.63) is 10.6 Å². The molecule has 1 aliphatic heterocycles. The molecule has 0 spiro atoms. The number of aromatic amines is 1.